The van der Waals surface area contributed by atoms with E-state index in [1.54, 1.807) is 7.11 Å². The predicted octanol–water partition coefficient (Wildman–Crippen LogP) is 1.76. The van der Waals surface area contributed by atoms with Crippen LogP contribution in [0, 0.1) is 0 Å². The number of nitrogens with two attached hydrogens (primary N) is 1. The first-order valence-electron chi connectivity index (χ1n) is 3.72. The summed E-state index contributed by atoms with van der Waals surface area (Å²) in [6.07, 6.45) is 1.86. The Morgan fingerprint density at radius 2 is 2.25 bits per heavy atom. The molecule has 1 aromatic carbocycles. The van der Waals surface area contributed by atoms with Gasteiger partial charge < -0.3 is 15.5 Å². The molecule has 0 bridgehead atoms. The summed E-state index contributed by atoms with van der Waals surface area (Å²) in [6.45, 7) is 0. The molecule has 2 aromatic rings. The third kappa shape index (κ3) is 0.906. The van der Waals surface area contributed by atoms with Gasteiger partial charge in [-0.1, -0.05) is 0 Å². The average Bonchev–Trinajstić information content (AvgIpc) is 2.52. The van der Waals surface area contributed by atoms with Crippen LogP contribution >= 0.6 is 0 Å². The van der Waals surface area contributed by atoms with Crippen molar-refractivity contribution in [2.24, 2.45) is 0 Å². The highest BCUT2D eigenvalue weighted by molar-refractivity contribution is 5.92. The number of fused-ring (bicyclic) bond motifs is 1. The number of hydrogen-bond acceptors (Lipinski definition) is 2. The van der Waals surface area contributed by atoms with Gasteiger partial charge in [0.1, 0.15) is 5.75 Å². The molecule has 0 aliphatic carbocycles. The molecule has 0 spiro atoms. The molecule has 0 saturated heterocycles. The van der Waals surface area contributed by atoms with Crippen molar-refractivity contribution in [3.05, 3.63) is 24.4 Å². The van der Waals surface area contributed by atoms with Gasteiger partial charge in [0, 0.05) is 29.4 Å². The van der Waals surface area contributed by atoms with E-state index < -0.39 is 0 Å². The third-order valence-electron chi connectivity index (χ3n) is 1.91. The molecule has 62 valence electrons. The van der Waals surface area contributed by atoms with Crippen molar-refractivity contribution in [3.63, 3.8) is 0 Å². The summed E-state index contributed by atoms with van der Waals surface area (Å²) >= 11 is 0. The molecule has 1 aromatic heterocycles. The van der Waals surface area contributed by atoms with E-state index in [0.717, 1.165) is 22.3 Å². The Hall–Kier alpha value is -1.64. The van der Waals surface area contributed by atoms with E-state index in [1.165, 1.54) is 0 Å². The molecule has 0 radical (unpaired) electrons. The largest absolute Gasteiger partial charge is 0.497 e. The van der Waals surface area contributed by atoms with Gasteiger partial charge in [0.2, 0.25) is 0 Å². The monoisotopic (exact) mass is 162 g/mol. The Bertz CT molecular complexity index is 406. The number of nitrogen functional groups attached to an aromatic ring is 1. The van der Waals surface area contributed by atoms with Crippen molar-refractivity contribution in [1.82, 2.24) is 4.98 Å². The highest BCUT2D eigenvalue weighted by atomic mass is 16.5. The summed E-state index contributed by atoms with van der Waals surface area (Å²) in [4.78, 5) is 3.08. The molecule has 12 heavy (non-hydrogen) atoms. The van der Waals surface area contributed by atoms with Gasteiger partial charge in [-0.25, -0.2) is 0 Å². The smallest absolute Gasteiger partial charge is 0.123 e. The van der Waals surface area contributed by atoms with Gasteiger partial charge in [0.25, 0.3) is 0 Å². The zero-order chi connectivity index (χ0) is 8.55. The first-order chi connectivity index (χ1) is 5.81. The quantitative estimate of drug-likeness (QED) is 0.628. The number of ether oxygens (including phenoxy) is 1. The van der Waals surface area contributed by atoms with Crippen LogP contribution in [-0.4, -0.2) is 12.1 Å². The number of anilines is 1. The molecule has 0 aliphatic heterocycles. The third-order valence-corrected chi connectivity index (χ3v) is 1.91. The lowest BCUT2D eigenvalue weighted by atomic mass is 10.2. The maximum absolute atomic E-state index is 5.78. The summed E-state index contributed by atoms with van der Waals surface area (Å²) in [7, 11) is 1.63. The van der Waals surface area contributed by atoms with Crippen LogP contribution in [0.1, 0.15) is 0 Å². The summed E-state index contributed by atoms with van der Waals surface area (Å²) in [5.41, 5.74) is 7.52. The lowest BCUT2D eigenvalue weighted by molar-refractivity contribution is 0.415. The highest BCUT2D eigenvalue weighted by Crippen LogP contribution is 2.25. The lowest BCUT2D eigenvalue weighted by Crippen LogP contribution is -1.88. The fraction of sp³-hybridized carbons (Fsp3) is 0.111. The van der Waals surface area contributed by atoms with Gasteiger partial charge in [-0.2, -0.15) is 0 Å². The number of hydrogen-bond donors (Lipinski definition) is 2. The second kappa shape index (κ2) is 2.44. The molecular weight excluding hydrogens is 152 g/mol. The van der Waals surface area contributed by atoms with Crippen LogP contribution in [0.25, 0.3) is 10.9 Å². The zero-order valence-corrected chi connectivity index (χ0v) is 6.79. The number of H-pyrrole nitrogens is 1. The summed E-state index contributed by atoms with van der Waals surface area (Å²) in [5.74, 6) is 0.780. The van der Waals surface area contributed by atoms with Crippen molar-refractivity contribution in [1.29, 1.82) is 0 Å². The Balaban J connectivity index is 2.75. The minimum atomic E-state index is 0.741. The zero-order valence-electron chi connectivity index (χ0n) is 6.79. The summed E-state index contributed by atoms with van der Waals surface area (Å²) in [6, 6.07) is 5.69. The first kappa shape index (κ1) is 7.03. The number of aromatic nitrogens is 1. The maximum atomic E-state index is 5.78. The van der Waals surface area contributed by atoms with E-state index in [2.05, 4.69) is 4.98 Å². The second-order valence-electron chi connectivity index (χ2n) is 2.66. The van der Waals surface area contributed by atoms with Crippen molar-refractivity contribution in [2.75, 3.05) is 12.8 Å². The Morgan fingerprint density at radius 3 is 3.00 bits per heavy atom. The van der Waals surface area contributed by atoms with E-state index in [1.807, 2.05) is 24.4 Å². The van der Waals surface area contributed by atoms with E-state index in [9.17, 15) is 0 Å². The molecular formula is C9H10N2O. The molecule has 0 aliphatic rings. The van der Waals surface area contributed by atoms with Crippen LogP contribution in [0.4, 0.5) is 5.69 Å². The molecule has 2 rings (SSSR count). The predicted molar refractivity (Wildman–Crippen MR) is 49.3 cm³/mol. The van der Waals surface area contributed by atoms with Gasteiger partial charge in [0.05, 0.1) is 12.6 Å². The van der Waals surface area contributed by atoms with Crippen molar-refractivity contribution < 1.29 is 4.74 Å². The fourth-order valence-electron chi connectivity index (χ4n) is 1.29. The minimum Gasteiger partial charge on any atom is -0.497 e. The normalized spacial score (nSPS) is 10.4. The lowest BCUT2D eigenvalue weighted by Gasteiger charge is -2.01. The van der Waals surface area contributed by atoms with E-state index in [0.29, 0.717) is 0 Å². The maximum Gasteiger partial charge on any atom is 0.123 e. The molecule has 0 fully saturated rings. The number of methoxy groups -OCH3 is 1. The van der Waals surface area contributed by atoms with E-state index >= 15 is 0 Å². The van der Waals surface area contributed by atoms with E-state index in [-0.39, 0.29) is 0 Å². The number of benzene rings is 1. The first-order valence-corrected chi connectivity index (χ1v) is 3.72. The van der Waals surface area contributed by atoms with Gasteiger partial charge in [-0.15, -0.1) is 0 Å². The minimum absolute atomic E-state index is 0.741. The van der Waals surface area contributed by atoms with Crippen molar-refractivity contribution >= 4 is 16.6 Å². The second-order valence-corrected chi connectivity index (χ2v) is 2.66. The summed E-state index contributed by atoms with van der Waals surface area (Å²) < 4.78 is 5.07. The molecule has 3 nitrogen and oxygen atoms in total. The fourth-order valence-corrected chi connectivity index (χ4v) is 1.29. The molecule has 0 saturated carbocycles. The molecule has 3 N–H and O–H groups in total. The molecule has 0 unspecified atom stereocenters. The highest BCUT2D eigenvalue weighted by Gasteiger charge is 2.01. The van der Waals surface area contributed by atoms with Crippen LogP contribution in [0.5, 0.6) is 5.75 Å². The van der Waals surface area contributed by atoms with Gasteiger partial charge in [-0.3, -0.25) is 0 Å². The van der Waals surface area contributed by atoms with Gasteiger partial charge >= 0.3 is 0 Å². The molecule has 1 heterocycles. The van der Waals surface area contributed by atoms with E-state index in [4.69, 9.17) is 10.5 Å². The molecule has 0 amide bonds. The molecule has 0 atom stereocenters. The summed E-state index contributed by atoms with van der Waals surface area (Å²) in [5, 5.41) is 1.04. The standard InChI is InChI=1S/C9H10N2O/c1-12-6-4-8(10)7-2-3-11-9(7)5-6/h2-5,11H,10H2,1H3. The van der Waals surface area contributed by atoms with Crippen molar-refractivity contribution in [2.45, 2.75) is 0 Å². The molecule has 3 heteroatoms. The Kier molecular flexibility index (Phi) is 1.43. The Labute approximate surface area is 70.1 Å². The topological polar surface area (TPSA) is 51.0 Å². The number of rotatable bonds is 1. The van der Waals surface area contributed by atoms with Gasteiger partial charge in [-0.05, 0) is 6.07 Å². The van der Waals surface area contributed by atoms with Crippen LogP contribution in [0.3, 0.4) is 0 Å². The van der Waals surface area contributed by atoms with Crippen LogP contribution in [0.15, 0.2) is 24.4 Å². The van der Waals surface area contributed by atoms with Crippen LogP contribution < -0.4 is 10.5 Å². The number of aromatic amines is 1. The van der Waals surface area contributed by atoms with Gasteiger partial charge in [0.15, 0.2) is 0 Å². The SMILES string of the molecule is COc1cc(N)c2cc[nH]c2c1. The van der Waals surface area contributed by atoms with Crippen molar-refractivity contribution in [3.8, 4) is 5.75 Å². The van der Waals surface area contributed by atoms with Crippen LogP contribution in [0.2, 0.25) is 0 Å². The van der Waals surface area contributed by atoms with Crippen LogP contribution in [-0.2, 0) is 0 Å². The average molecular weight is 162 g/mol. The number of nitrogens with one attached hydrogen (secondary N) is 1. The Morgan fingerprint density at radius 1 is 1.42 bits per heavy atom.